The molecule has 1 rings (SSSR count). The van der Waals surface area contributed by atoms with Crippen LogP contribution < -0.4 is 10.7 Å². The molecule has 0 aromatic heterocycles. The van der Waals surface area contributed by atoms with Crippen molar-refractivity contribution >= 4 is 40.7 Å². The molecule has 0 saturated carbocycles. The lowest BCUT2D eigenvalue weighted by Crippen LogP contribution is -2.42. The summed E-state index contributed by atoms with van der Waals surface area (Å²) in [5.74, 6) is -1.88. The van der Waals surface area contributed by atoms with Crippen LogP contribution in [0.4, 0.5) is 5.69 Å². The van der Waals surface area contributed by atoms with Crippen molar-refractivity contribution < 1.29 is 14.4 Å². The Hall–Kier alpha value is -2.41. The van der Waals surface area contributed by atoms with Gasteiger partial charge < -0.3 is 10.2 Å². The maximum Gasteiger partial charge on any atom is 0.329 e. The highest BCUT2D eigenvalue weighted by Gasteiger charge is 2.21. The van der Waals surface area contributed by atoms with Gasteiger partial charge in [-0.3, -0.25) is 14.4 Å². The van der Waals surface area contributed by atoms with Gasteiger partial charge in [0.15, 0.2) is 0 Å². The average molecular weight is 395 g/mol. The maximum absolute atomic E-state index is 12.4. The van der Waals surface area contributed by atoms with E-state index in [4.69, 9.17) is 11.6 Å². The molecule has 0 heterocycles. The quantitative estimate of drug-likeness (QED) is 0.441. The Morgan fingerprint density at radius 2 is 1.70 bits per heavy atom. The number of rotatable bonds is 6. The van der Waals surface area contributed by atoms with Crippen molar-refractivity contribution in [2.45, 2.75) is 60.0 Å². The van der Waals surface area contributed by atoms with Gasteiger partial charge in [0.2, 0.25) is 5.91 Å². The number of nitrogens with zero attached hydrogens (tertiary/aromatic N) is 2. The number of hydrogen-bond donors (Lipinski definition) is 2. The van der Waals surface area contributed by atoms with E-state index in [9.17, 15) is 14.4 Å². The van der Waals surface area contributed by atoms with E-state index in [1.807, 2.05) is 27.7 Å². The Bertz CT molecular complexity index is 736. The third kappa shape index (κ3) is 6.67. The minimum absolute atomic E-state index is 0.0612. The maximum atomic E-state index is 12.4. The van der Waals surface area contributed by atoms with Crippen LogP contribution in [-0.4, -0.2) is 40.4 Å². The van der Waals surface area contributed by atoms with Gasteiger partial charge in [-0.1, -0.05) is 17.7 Å². The molecule has 27 heavy (non-hydrogen) atoms. The summed E-state index contributed by atoms with van der Waals surface area (Å²) < 4.78 is 0. The van der Waals surface area contributed by atoms with Gasteiger partial charge in [-0.15, -0.1) is 0 Å². The second kappa shape index (κ2) is 10.1. The Morgan fingerprint density at radius 3 is 2.26 bits per heavy atom. The van der Waals surface area contributed by atoms with Crippen LogP contribution >= 0.6 is 11.6 Å². The first kappa shape index (κ1) is 22.6. The summed E-state index contributed by atoms with van der Waals surface area (Å²) in [4.78, 5) is 38.0. The zero-order valence-electron chi connectivity index (χ0n) is 16.6. The van der Waals surface area contributed by atoms with E-state index >= 15 is 0 Å². The molecule has 0 atom stereocenters. The summed E-state index contributed by atoms with van der Waals surface area (Å²) >= 11 is 5.99. The van der Waals surface area contributed by atoms with Crippen molar-refractivity contribution in [3.05, 3.63) is 28.8 Å². The fraction of sp³-hybridized carbons (Fsp3) is 0.474. The fourth-order valence-corrected chi connectivity index (χ4v) is 2.82. The molecule has 148 valence electrons. The highest BCUT2D eigenvalue weighted by Crippen LogP contribution is 2.22. The molecule has 1 aromatic carbocycles. The Morgan fingerprint density at radius 1 is 1.11 bits per heavy atom. The summed E-state index contributed by atoms with van der Waals surface area (Å²) in [6.07, 6.45) is 0.0612. The van der Waals surface area contributed by atoms with Crippen molar-refractivity contribution in [2.75, 3.05) is 5.32 Å². The van der Waals surface area contributed by atoms with Gasteiger partial charge in [0.25, 0.3) is 0 Å². The number of hydrogen-bond acceptors (Lipinski definition) is 4. The van der Waals surface area contributed by atoms with Crippen LogP contribution in [0.3, 0.4) is 0 Å². The summed E-state index contributed by atoms with van der Waals surface area (Å²) in [6.45, 7) is 11.1. The molecule has 0 radical (unpaired) electrons. The van der Waals surface area contributed by atoms with Gasteiger partial charge in [0.1, 0.15) is 0 Å². The van der Waals surface area contributed by atoms with Crippen molar-refractivity contribution in [1.29, 1.82) is 0 Å². The highest BCUT2D eigenvalue weighted by molar-refractivity contribution is 6.40. The average Bonchev–Trinajstić information content (AvgIpc) is 2.55. The first-order chi connectivity index (χ1) is 12.5. The van der Waals surface area contributed by atoms with Gasteiger partial charge in [0.05, 0.1) is 6.42 Å². The van der Waals surface area contributed by atoms with Gasteiger partial charge >= 0.3 is 11.8 Å². The number of anilines is 1. The molecule has 0 unspecified atom stereocenters. The van der Waals surface area contributed by atoms with Gasteiger partial charge in [-0.05, 0) is 59.2 Å². The fourth-order valence-electron chi connectivity index (χ4n) is 2.64. The largest absolute Gasteiger partial charge is 0.338 e. The first-order valence-electron chi connectivity index (χ1n) is 8.75. The lowest BCUT2D eigenvalue weighted by atomic mass is 10.2. The standard InChI is InChI=1S/C19H27ClN4O3/c1-11(2)24(12(3)4)17(25)10-13(5)22-23-19(27)18(26)21-16-9-7-8-15(20)14(16)6/h7-9,11-12H,10H2,1-6H3,(H,21,26)(H,23,27)/b22-13+. The van der Waals surface area contributed by atoms with Crippen molar-refractivity contribution in [3.63, 3.8) is 0 Å². The zero-order chi connectivity index (χ0) is 20.7. The molecule has 0 aliphatic carbocycles. The normalized spacial score (nSPS) is 11.5. The summed E-state index contributed by atoms with van der Waals surface area (Å²) in [7, 11) is 0. The number of nitrogens with one attached hydrogen (secondary N) is 2. The van der Waals surface area contributed by atoms with E-state index < -0.39 is 11.8 Å². The van der Waals surface area contributed by atoms with Crippen LogP contribution in [0.1, 0.15) is 46.6 Å². The minimum Gasteiger partial charge on any atom is -0.338 e. The summed E-state index contributed by atoms with van der Waals surface area (Å²) in [5, 5.41) is 6.82. The van der Waals surface area contributed by atoms with E-state index in [-0.39, 0.29) is 24.4 Å². The molecule has 1 aromatic rings. The topological polar surface area (TPSA) is 90.9 Å². The lowest BCUT2D eigenvalue weighted by Gasteiger charge is -2.30. The number of carbonyl (C=O) groups is 3. The van der Waals surface area contributed by atoms with E-state index in [0.717, 1.165) is 0 Å². The molecule has 2 N–H and O–H groups in total. The number of amides is 3. The molecule has 8 heteroatoms. The van der Waals surface area contributed by atoms with Crippen LogP contribution in [0, 0.1) is 6.92 Å². The molecule has 7 nitrogen and oxygen atoms in total. The van der Waals surface area contributed by atoms with Crippen LogP contribution in [0.25, 0.3) is 0 Å². The molecule has 0 fully saturated rings. The number of halogens is 1. The second-order valence-corrected chi connectivity index (χ2v) is 7.23. The Kier molecular flexibility index (Phi) is 8.43. The van der Waals surface area contributed by atoms with E-state index in [1.165, 1.54) is 0 Å². The number of benzene rings is 1. The molecule has 0 aliphatic heterocycles. The SMILES string of the molecule is C/C(CC(=O)N(C(C)C)C(C)C)=N\NC(=O)C(=O)Nc1cccc(Cl)c1C. The van der Waals surface area contributed by atoms with E-state index in [2.05, 4.69) is 15.8 Å². The predicted octanol–water partition coefficient (Wildman–Crippen LogP) is 3.11. The Labute approximate surface area is 165 Å². The zero-order valence-corrected chi connectivity index (χ0v) is 17.3. The minimum atomic E-state index is -0.925. The number of hydrazone groups is 1. The van der Waals surface area contributed by atoms with Gasteiger partial charge in [-0.2, -0.15) is 5.10 Å². The third-order valence-corrected chi connectivity index (χ3v) is 4.29. The van der Waals surface area contributed by atoms with Crippen molar-refractivity contribution in [1.82, 2.24) is 10.3 Å². The lowest BCUT2D eigenvalue weighted by molar-refractivity contribution is -0.136. The van der Waals surface area contributed by atoms with Crippen LogP contribution in [-0.2, 0) is 14.4 Å². The highest BCUT2D eigenvalue weighted by atomic mass is 35.5. The van der Waals surface area contributed by atoms with Crippen LogP contribution in [0.15, 0.2) is 23.3 Å². The summed E-state index contributed by atoms with van der Waals surface area (Å²) in [5.41, 5.74) is 3.69. The molecular weight excluding hydrogens is 368 g/mol. The van der Waals surface area contributed by atoms with Crippen molar-refractivity contribution in [3.8, 4) is 0 Å². The summed E-state index contributed by atoms with van der Waals surface area (Å²) in [6, 6.07) is 5.13. The smallest absolute Gasteiger partial charge is 0.329 e. The van der Waals surface area contributed by atoms with E-state index in [0.29, 0.717) is 22.0 Å². The second-order valence-electron chi connectivity index (χ2n) is 6.82. The van der Waals surface area contributed by atoms with Crippen LogP contribution in [0.5, 0.6) is 0 Å². The molecule has 0 bridgehead atoms. The predicted molar refractivity (Wildman–Crippen MR) is 108 cm³/mol. The van der Waals surface area contributed by atoms with E-state index in [1.54, 1.807) is 36.9 Å². The van der Waals surface area contributed by atoms with Crippen LogP contribution in [0.2, 0.25) is 5.02 Å². The third-order valence-electron chi connectivity index (χ3n) is 3.88. The monoisotopic (exact) mass is 394 g/mol. The molecule has 3 amide bonds. The first-order valence-corrected chi connectivity index (χ1v) is 9.13. The van der Waals surface area contributed by atoms with Gasteiger partial charge in [-0.25, -0.2) is 5.43 Å². The Balaban J connectivity index is 2.67. The van der Waals surface area contributed by atoms with Gasteiger partial charge in [0, 0.05) is 28.5 Å². The number of carbonyl (C=O) groups excluding carboxylic acids is 3. The van der Waals surface area contributed by atoms with Crippen molar-refractivity contribution in [2.24, 2.45) is 5.10 Å². The molecule has 0 saturated heterocycles. The molecule has 0 aliphatic rings. The molecular formula is C19H27ClN4O3. The molecule has 0 spiro atoms.